The Hall–Kier alpha value is -2.86. The highest BCUT2D eigenvalue weighted by atomic mass is 32.1. The number of carbonyl (C=O) groups is 2. The van der Waals surface area contributed by atoms with E-state index in [1.165, 1.54) is 11.3 Å². The summed E-state index contributed by atoms with van der Waals surface area (Å²) < 4.78 is 0.957. The van der Waals surface area contributed by atoms with Crippen LogP contribution >= 0.6 is 11.3 Å². The van der Waals surface area contributed by atoms with E-state index in [0.29, 0.717) is 11.3 Å². The predicted octanol–water partition coefficient (Wildman–Crippen LogP) is 3.02. The van der Waals surface area contributed by atoms with Crippen LogP contribution in [0.25, 0.3) is 10.2 Å². The number of carbonyl (C=O) groups excluding carboxylic acids is 2. The largest absolute Gasteiger partial charge is 0.325 e. The average Bonchev–Trinajstić information content (AvgIpc) is 3.01. The van der Waals surface area contributed by atoms with Crippen LogP contribution in [-0.4, -0.2) is 22.5 Å². The Balaban J connectivity index is 1.64. The number of nitrogens with one attached hydrogen (secondary N) is 1. The first-order valence-electron chi connectivity index (χ1n) is 7.45. The average molecular weight is 335 g/mol. The van der Waals surface area contributed by atoms with Crippen LogP contribution in [0.1, 0.15) is 17.3 Å². The van der Waals surface area contributed by atoms with Gasteiger partial charge in [0.15, 0.2) is 0 Å². The molecule has 5 nitrogen and oxygen atoms in total. The molecule has 6 heteroatoms. The molecule has 0 fully saturated rings. The Bertz CT molecular complexity index is 995. The monoisotopic (exact) mass is 335 g/mol. The molecule has 1 atom stereocenters. The summed E-state index contributed by atoms with van der Waals surface area (Å²) in [7, 11) is 0. The molecule has 1 aliphatic carbocycles. The quantitative estimate of drug-likeness (QED) is 0.871. The number of hydrogen-bond donors (Lipinski definition) is 1. The zero-order chi connectivity index (χ0) is 16.7. The van der Waals surface area contributed by atoms with Crippen LogP contribution in [0.15, 0.2) is 64.3 Å². The lowest BCUT2D eigenvalue weighted by atomic mass is 9.89. The van der Waals surface area contributed by atoms with Gasteiger partial charge in [-0.2, -0.15) is 0 Å². The summed E-state index contributed by atoms with van der Waals surface area (Å²) in [4.78, 5) is 32.4. The third-order valence-corrected chi connectivity index (χ3v) is 4.82. The van der Waals surface area contributed by atoms with Crippen LogP contribution in [0.4, 0.5) is 0 Å². The van der Waals surface area contributed by atoms with Gasteiger partial charge in [0.25, 0.3) is 5.91 Å². The van der Waals surface area contributed by atoms with E-state index >= 15 is 0 Å². The Morgan fingerprint density at radius 2 is 2.21 bits per heavy atom. The molecule has 4 rings (SSSR count). The van der Waals surface area contributed by atoms with Crippen molar-refractivity contribution in [1.29, 1.82) is 0 Å². The van der Waals surface area contributed by atoms with Crippen molar-refractivity contribution in [2.24, 2.45) is 10.9 Å². The SMILES string of the molecule is CC1=CC(=O)NC2=CC(=NC(=O)c3ccc4ncsc4c3)C=CC12. The molecule has 0 bridgehead atoms. The molecular formula is C18H13N3O2S. The van der Waals surface area contributed by atoms with Crippen LogP contribution < -0.4 is 5.32 Å². The third-order valence-electron chi connectivity index (χ3n) is 4.02. The number of benzene rings is 1. The van der Waals surface area contributed by atoms with E-state index in [1.807, 2.05) is 25.1 Å². The number of hydrogen-bond acceptors (Lipinski definition) is 4. The smallest absolute Gasteiger partial charge is 0.277 e. The number of amides is 2. The highest BCUT2D eigenvalue weighted by Crippen LogP contribution is 2.26. The molecule has 1 unspecified atom stereocenters. The summed E-state index contributed by atoms with van der Waals surface area (Å²) in [6.07, 6.45) is 7.09. The fourth-order valence-electron chi connectivity index (χ4n) is 2.82. The van der Waals surface area contributed by atoms with E-state index in [1.54, 1.807) is 29.8 Å². The molecular weight excluding hydrogens is 322 g/mol. The zero-order valence-electron chi connectivity index (χ0n) is 12.8. The summed E-state index contributed by atoms with van der Waals surface area (Å²) in [6.45, 7) is 1.92. The number of nitrogens with zero attached hydrogens (tertiary/aromatic N) is 2. The molecule has 2 aromatic rings. The van der Waals surface area contributed by atoms with Crippen molar-refractivity contribution in [3.05, 3.63) is 64.8 Å². The van der Waals surface area contributed by atoms with Gasteiger partial charge in [0.2, 0.25) is 5.91 Å². The van der Waals surface area contributed by atoms with Crippen LogP contribution in [-0.2, 0) is 4.79 Å². The Morgan fingerprint density at radius 1 is 1.33 bits per heavy atom. The molecule has 0 saturated carbocycles. The third kappa shape index (κ3) is 2.61. The summed E-state index contributed by atoms with van der Waals surface area (Å²) in [5.41, 5.74) is 5.41. The molecule has 2 amide bonds. The summed E-state index contributed by atoms with van der Waals surface area (Å²) in [5.74, 6) is -0.411. The maximum absolute atomic E-state index is 12.4. The van der Waals surface area contributed by atoms with Gasteiger partial charge in [-0.3, -0.25) is 9.59 Å². The van der Waals surface area contributed by atoms with Crippen molar-refractivity contribution >= 4 is 39.1 Å². The van der Waals surface area contributed by atoms with Crippen molar-refractivity contribution in [2.75, 3.05) is 0 Å². The molecule has 1 N–H and O–H groups in total. The minimum absolute atomic E-state index is 0.0466. The molecule has 1 aliphatic heterocycles. The highest BCUT2D eigenvalue weighted by Gasteiger charge is 2.24. The van der Waals surface area contributed by atoms with E-state index in [4.69, 9.17) is 0 Å². The van der Waals surface area contributed by atoms with Crippen molar-refractivity contribution < 1.29 is 9.59 Å². The van der Waals surface area contributed by atoms with Crippen molar-refractivity contribution in [3.8, 4) is 0 Å². The highest BCUT2D eigenvalue weighted by molar-refractivity contribution is 7.16. The number of rotatable bonds is 1. The molecule has 1 aromatic heterocycles. The molecule has 0 radical (unpaired) electrons. The fraction of sp³-hybridized carbons (Fsp3) is 0.111. The Morgan fingerprint density at radius 3 is 3.08 bits per heavy atom. The van der Waals surface area contributed by atoms with Gasteiger partial charge in [-0.05, 0) is 37.3 Å². The molecule has 2 aliphatic rings. The van der Waals surface area contributed by atoms with E-state index in [-0.39, 0.29) is 17.7 Å². The van der Waals surface area contributed by atoms with Crippen LogP contribution in [0.2, 0.25) is 0 Å². The maximum Gasteiger partial charge on any atom is 0.277 e. The van der Waals surface area contributed by atoms with Gasteiger partial charge in [0, 0.05) is 23.3 Å². The fourth-order valence-corrected chi connectivity index (χ4v) is 3.54. The first kappa shape index (κ1) is 14.7. The normalized spacial score (nSPS) is 21.3. The van der Waals surface area contributed by atoms with Crippen LogP contribution in [0, 0.1) is 5.92 Å². The summed E-state index contributed by atoms with van der Waals surface area (Å²) in [5, 5.41) is 2.81. The predicted molar refractivity (Wildman–Crippen MR) is 94.0 cm³/mol. The Labute approximate surface area is 142 Å². The first-order chi connectivity index (χ1) is 11.6. The van der Waals surface area contributed by atoms with E-state index < -0.39 is 0 Å². The number of aromatic nitrogens is 1. The summed E-state index contributed by atoms with van der Waals surface area (Å²) in [6, 6.07) is 5.35. The van der Waals surface area contributed by atoms with Crippen molar-refractivity contribution in [2.45, 2.75) is 6.92 Å². The minimum Gasteiger partial charge on any atom is -0.325 e. The number of thiazole rings is 1. The molecule has 24 heavy (non-hydrogen) atoms. The molecule has 2 heterocycles. The van der Waals surface area contributed by atoms with Gasteiger partial charge >= 0.3 is 0 Å². The van der Waals surface area contributed by atoms with E-state index in [2.05, 4.69) is 15.3 Å². The van der Waals surface area contributed by atoms with Gasteiger partial charge in [-0.1, -0.05) is 11.6 Å². The van der Waals surface area contributed by atoms with Crippen LogP contribution in [0.5, 0.6) is 0 Å². The van der Waals surface area contributed by atoms with Crippen molar-refractivity contribution in [1.82, 2.24) is 10.3 Å². The maximum atomic E-state index is 12.4. The second kappa shape index (κ2) is 5.65. The van der Waals surface area contributed by atoms with Gasteiger partial charge in [-0.25, -0.2) is 9.98 Å². The van der Waals surface area contributed by atoms with E-state index in [9.17, 15) is 9.59 Å². The number of aliphatic imine (C=N–C) groups is 1. The second-order valence-corrected chi connectivity index (χ2v) is 6.58. The lowest BCUT2D eigenvalue weighted by Crippen LogP contribution is -2.32. The standard InChI is InChI=1S/C18H13N3O2S/c1-10-6-17(22)21-15-8-12(3-4-13(10)15)20-18(23)11-2-5-14-16(7-11)24-9-19-14/h2-9,13H,1H3,(H,21,22). The zero-order valence-corrected chi connectivity index (χ0v) is 13.6. The minimum atomic E-state index is -0.311. The van der Waals surface area contributed by atoms with Gasteiger partial charge < -0.3 is 5.32 Å². The lowest BCUT2D eigenvalue weighted by molar-refractivity contribution is -0.116. The van der Waals surface area contributed by atoms with Gasteiger partial charge in [-0.15, -0.1) is 11.3 Å². The second-order valence-electron chi connectivity index (χ2n) is 5.69. The first-order valence-corrected chi connectivity index (χ1v) is 8.33. The van der Waals surface area contributed by atoms with Crippen LogP contribution in [0.3, 0.4) is 0 Å². The topological polar surface area (TPSA) is 71.4 Å². The van der Waals surface area contributed by atoms with E-state index in [0.717, 1.165) is 21.5 Å². The van der Waals surface area contributed by atoms with Gasteiger partial charge in [0.1, 0.15) is 0 Å². The van der Waals surface area contributed by atoms with Crippen molar-refractivity contribution in [3.63, 3.8) is 0 Å². The molecule has 0 spiro atoms. The molecule has 118 valence electrons. The van der Waals surface area contributed by atoms with Gasteiger partial charge in [0.05, 0.1) is 21.4 Å². The lowest BCUT2D eigenvalue weighted by Gasteiger charge is -2.25. The molecule has 1 aromatic carbocycles. The summed E-state index contributed by atoms with van der Waals surface area (Å²) >= 11 is 1.49. The molecule has 0 saturated heterocycles. The number of allylic oxidation sites excluding steroid dienone is 3. The number of fused-ring (bicyclic) bond motifs is 2. The Kier molecular flexibility index (Phi) is 3.46.